The molecule has 1 fully saturated rings. The second-order valence-electron chi connectivity index (χ2n) is 4.46. The molecular formula is C12H17F2N3O. The summed E-state index contributed by atoms with van der Waals surface area (Å²) < 4.78 is 32.1. The predicted molar refractivity (Wildman–Crippen MR) is 66.5 cm³/mol. The molecular weight excluding hydrogens is 240 g/mol. The predicted octanol–water partition coefficient (Wildman–Crippen LogP) is 1.29. The first-order chi connectivity index (χ1) is 8.58. The zero-order valence-corrected chi connectivity index (χ0v) is 10.2. The zero-order chi connectivity index (χ0) is 13.1. The van der Waals surface area contributed by atoms with Crippen LogP contribution in [0.5, 0.6) is 0 Å². The number of nitrogens with two attached hydrogens (primary N) is 1. The molecule has 0 saturated carbocycles. The van der Waals surface area contributed by atoms with Crippen molar-refractivity contribution in [3.05, 3.63) is 23.8 Å². The van der Waals surface area contributed by atoms with E-state index >= 15 is 0 Å². The van der Waals surface area contributed by atoms with Gasteiger partial charge in [0.2, 0.25) is 0 Å². The molecule has 1 aliphatic rings. The van der Waals surface area contributed by atoms with Crippen molar-refractivity contribution in [3.8, 4) is 0 Å². The number of anilines is 2. The number of rotatable bonds is 3. The van der Waals surface area contributed by atoms with Crippen molar-refractivity contribution >= 4 is 11.4 Å². The van der Waals surface area contributed by atoms with Gasteiger partial charge in [-0.15, -0.1) is 0 Å². The van der Waals surface area contributed by atoms with Gasteiger partial charge in [0.05, 0.1) is 24.1 Å². The summed E-state index contributed by atoms with van der Waals surface area (Å²) in [5.74, 6) is -1.85. The number of halogens is 2. The van der Waals surface area contributed by atoms with Crippen LogP contribution in [0.25, 0.3) is 0 Å². The minimum absolute atomic E-state index is 0.00632. The maximum Gasteiger partial charge on any atom is 0.183 e. The number of nitrogen functional groups attached to an aromatic ring is 1. The highest BCUT2D eigenvalue weighted by molar-refractivity contribution is 5.66. The van der Waals surface area contributed by atoms with Crippen LogP contribution >= 0.6 is 0 Å². The summed E-state index contributed by atoms with van der Waals surface area (Å²) in [6.45, 7) is 2.68. The first kappa shape index (κ1) is 13.0. The van der Waals surface area contributed by atoms with E-state index in [0.717, 1.165) is 19.2 Å². The van der Waals surface area contributed by atoms with Crippen LogP contribution in [-0.2, 0) is 4.74 Å². The Labute approximate surface area is 105 Å². The van der Waals surface area contributed by atoms with E-state index in [4.69, 9.17) is 10.5 Å². The lowest BCUT2D eigenvalue weighted by Crippen LogP contribution is -2.43. The maximum absolute atomic E-state index is 13.5. The van der Waals surface area contributed by atoms with Crippen LogP contribution in [0.15, 0.2) is 12.1 Å². The van der Waals surface area contributed by atoms with Crippen LogP contribution in [0, 0.1) is 11.6 Å². The van der Waals surface area contributed by atoms with Gasteiger partial charge in [0, 0.05) is 19.6 Å². The summed E-state index contributed by atoms with van der Waals surface area (Å²) in [7, 11) is 1.99. The number of morpholine rings is 1. The maximum atomic E-state index is 13.5. The van der Waals surface area contributed by atoms with Crippen molar-refractivity contribution in [2.75, 3.05) is 44.3 Å². The summed E-state index contributed by atoms with van der Waals surface area (Å²) in [4.78, 5) is 2.13. The number of nitrogens with one attached hydrogen (secondary N) is 1. The minimum Gasteiger partial charge on any atom is -0.397 e. The van der Waals surface area contributed by atoms with Gasteiger partial charge < -0.3 is 20.7 Å². The highest BCUT2D eigenvalue weighted by Gasteiger charge is 2.19. The first-order valence-corrected chi connectivity index (χ1v) is 5.85. The van der Waals surface area contributed by atoms with Crippen LogP contribution in [0.2, 0.25) is 0 Å². The molecule has 0 amide bonds. The summed E-state index contributed by atoms with van der Waals surface area (Å²) in [5.41, 5.74) is 5.81. The molecule has 2 rings (SSSR count). The molecule has 0 radical (unpaired) electrons. The average molecular weight is 257 g/mol. The molecule has 0 bridgehead atoms. The highest BCUT2D eigenvalue weighted by atomic mass is 19.2. The normalized spacial score (nSPS) is 20.9. The number of nitrogens with zero attached hydrogens (tertiary/aromatic N) is 1. The van der Waals surface area contributed by atoms with Gasteiger partial charge in [0.1, 0.15) is 0 Å². The molecule has 6 heteroatoms. The van der Waals surface area contributed by atoms with Gasteiger partial charge >= 0.3 is 0 Å². The van der Waals surface area contributed by atoms with Gasteiger partial charge in [-0.05, 0) is 19.2 Å². The summed E-state index contributed by atoms with van der Waals surface area (Å²) in [6, 6.07) is 2.36. The van der Waals surface area contributed by atoms with Gasteiger partial charge in [0.25, 0.3) is 0 Å². The molecule has 1 saturated heterocycles. The number of likely N-dealkylation sites (N-methyl/N-ethyl adjacent to an activating group) is 1. The van der Waals surface area contributed by atoms with Crippen LogP contribution in [-0.4, -0.2) is 44.3 Å². The fourth-order valence-electron chi connectivity index (χ4n) is 1.95. The molecule has 0 spiro atoms. The third kappa shape index (κ3) is 2.88. The quantitative estimate of drug-likeness (QED) is 0.801. The Kier molecular flexibility index (Phi) is 3.98. The van der Waals surface area contributed by atoms with Crippen molar-refractivity contribution in [1.82, 2.24) is 4.90 Å². The van der Waals surface area contributed by atoms with Gasteiger partial charge in [0.15, 0.2) is 11.6 Å². The van der Waals surface area contributed by atoms with E-state index in [1.165, 1.54) is 6.07 Å². The molecule has 1 aromatic rings. The smallest absolute Gasteiger partial charge is 0.183 e. The van der Waals surface area contributed by atoms with E-state index in [1.807, 2.05) is 7.05 Å². The fraction of sp³-hybridized carbons (Fsp3) is 0.500. The van der Waals surface area contributed by atoms with Gasteiger partial charge in [-0.3, -0.25) is 0 Å². The monoisotopic (exact) mass is 257 g/mol. The third-order valence-electron chi connectivity index (χ3n) is 2.98. The lowest BCUT2D eigenvalue weighted by molar-refractivity contribution is -0.0117. The molecule has 100 valence electrons. The molecule has 1 unspecified atom stereocenters. The Morgan fingerprint density at radius 3 is 3.00 bits per heavy atom. The average Bonchev–Trinajstić information content (AvgIpc) is 2.34. The second-order valence-corrected chi connectivity index (χ2v) is 4.46. The van der Waals surface area contributed by atoms with Gasteiger partial charge in [-0.1, -0.05) is 0 Å². The molecule has 1 aromatic carbocycles. The molecule has 4 nitrogen and oxygen atoms in total. The molecule has 1 aliphatic heterocycles. The van der Waals surface area contributed by atoms with Crippen molar-refractivity contribution in [2.45, 2.75) is 6.10 Å². The Bertz CT molecular complexity index is 428. The molecule has 1 heterocycles. The largest absolute Gasteiger partial charge is 0.397 e. The number of ether oxygens (including phenoxy) is 1. The van der Waals surface area contributed by atoms with E-state index < -0.39 is 11.6 Å². The van der Waals surface area contributed by atoms with Crippen molar-refractivity contribution < 1.29 is 13.5 Å². The first-order valence-electron chi connectivity index (χ1n) is 5.85. The Hall–Kier alpha value is -1.40. The van der Waals surface area contributed by atoms with E-state index in [-0.39, 0.29) is 17.5 Å². The van der Waals surface area contributed by atoms with E-state index in [1.54, 1.807) is 0 Å². The van der Waals surface area contributed by atoms with Crippen molar-refractivity contribution in [2.24, 2.45) is 0 Å². The topological polar surface area (TPSA) is 50.5 Å². The van der Waals surface area contributed by atoms with Gasteiger partial charge in [-0.25, -0.2) is 8.78 Å². The summed E-state index contributed by atoms with van der Waals surface area (Å²) >= 11 is 0. The van der Waals surface area contributed by atoms with Crippen LogP contribution in [0.4, 0.5) is 20.2 Å². The number of benzene rings is 1. The SMILES string of the molecule is CN1CCOC(CNc2c(N)ccc(F)c2F)C1. The van der Waals surface area contributed by atoms with Crippen molar-refractivity contribution in [3.63, 3.8) is 0 Å². The third-order valence-corrected chi connectivity index (χ3v) is 2.98. The lowest BCUT2D eigenvalue weighted by atomic mass is 10.2. The number of hydrogen-bond acceptors (Lipinski definition) is 4. The van der Waals surface area contributed by atoms with E-state index in [2.05, 4.69) is 10.2 Å². The second kappa shape index (κ2) is 5.49. The number of hydrogen-bond donors (Lipinski definition) is 2. The van der Waals surface area contributed by atoms with E-state index in [0.29, 0.717) is 13.2 Å². The van der Waals surface area contributed by atoms with Crippen LogP contribution < -0.4 is 11.1 Å². The summed E-state index contributed by atoms with van der Waals surface area (Å²) in [6.07, 6.45) is -0.0502. The molecule has 1 atom stereocenters. The van der Waals surface area contributed by atoms with Crippen LogP contribution in [0.1, 0.15) is 0 Å². The standard InChI is InChI=1S/C12H17F2N3O/c1-17-4-5-18-8(7-17)6-16-12-10(15)3-2-9(13)11(12)14/h2-3,8,16H,4-7,15H2,1H3. The fourth-order valence-corrected chi connectivity index (χ4v) is 1.95. The van der Waals surface area contributed by atoms with Gasteiger partial charge in [-0.2, -0.15) is 0 Å². The highest BCUT2D eigenvalue weighted by Crippen LogP contribution is 2.24. The minimum atomic E-state index is -0.945. The molecule has 0 aliphatic carbocycles. The Balaban J connectivity index is 1.99. The molecule has 18 heavy (non-hydrogen) atoms. The van der Waals surface area contributed by atoms with E-state index in [9.17, 15) is 8.78 Å². The Morgan fingerprint density at radius 2 is 2.28 bits per heavy atom. The lowest BCUT2D eigenvalue weighted by Gasteiger charge is -2.30. The zero-order valence-electron chi connectivity index (χ0n) is 10.2. The summed E-state index contributed by atoms with van der Waals surface area (Å²) in [5, 5.41) is 2.82. The van der Waals surface area contributed by atoms with Crippen LogP contribution in [0.3, 0.4) is 0 Å². The molecule has 0 aromatic heterocycles. The van der Waals surface area contributed by atoms with Crippen molar-refractivity contribution in [1.29, 1.82) is 0 Å². The Morgan fingerprint density at radius 1 is 1.50 bits per heavy atom. The molecule has 3 N–H and O–H groups in total.